The summed E-state index contributed by atoms with van der Waals surface area (Å²) in [5.41, 5.74) is 0.564. The van der Waals surface area contributed by atoms with Crippen LogP contribution >= 0.6 is 0 Å². The lowest BCUT2D eigenvalue weighted by Gasteiger charge is -2.24. The zero-order valence-corrected chi connectivity index (χ0v) is 9.15. The molecule has 0 aliphatic carbocycles. The summed E-state index contributed by atoms with van der Waals surface area (Å²) in [6.45, 7) is 10.5. The summed E-state index contributed by atoms with van der Waals surface area (Å²) in [5, 5.41) is 0. The Morgan fingerprint density at radius 3 is 2.25 bits per heavy atom. The number of ether oxygens (including phenoxy) is 1. The second-order valence-electron chi connectivity index (χ2n) is 3.41. The molecule has 1 aliphatic rings. The molecule has 12 heavy (non-hydrogen) atoms. The Labute approximate surface area is 77.5 Å². The van der Waals surface area contributed by atoms with Crippen molar-refractivity contribution in [1.29, 1.82) is 0 Å². The van der Waals surface area contributed by atoms with Gasteiger partial charge in [0.1, 0.15) is 0 Å². The van der Waals surface area contributed by atoms with Gasteiger partial charge >= 0.3 is 0 Å². The van der Waals surface area contributed by atoms with Gasteiger partial charge in [-0.2, -0.15) is 0 Å². The van der Waals surface area contributed by atoms with Crippen LogP contribution in [-0.2, 0) is 4.74 Å². The largest absolute Gasteiger partial charge is 0.381 e. The number of rotatable bonds is 3. The van der Waals surface area contributed by atoms with Crippen molar-refractivity contribution in [2.45, 2.75) is 53.4 Å². The topological polar surface area (TPSA) is 9.23 Å². The van der Waals surface area contributed by atoms with Gasteiger partial charge in [0.25, 0.3) is 0 Å². The average molecular weight is 172 g/mol. The monoisotopic (exact) mass is 172 g/mol. The fraction of sp³-hybridized carbons (Fsp3) is 1.00. The van der Waals surface area contributed by atoms with Crippen LogP contribution in [0.25, 0.3) is 0 Å². The maximum atomic E-state index is 5.40. The lowest BCUT2D eigenvalue weighted by molar-refractivity contribution is 0.142. The fourth-order valence-corrected chi connectivity index (χ4v) is 1.83. The van der Waals surface area contributed by atoms with E-state index < -0.39 is 0 Å². The van der Waals surface area contributed by atoms with Crippen LogP contribution in [0.5, 0.6) is 0 Å². The van der Waals surface area contributed by atoms with E-state index >= 15 is 0 Å². The molecule has 1 nitrogen and oxygen atoms in total. The Morgan fingerprint density at radius 1 is 1.25 bits per heavy atom. The minimum absolute atomic E-state index is 0.564. The first-order chi connectivity index (χ1) is 5.83. The fourth-order valence-electron chi connectivity index (χ4n) is 1.83. The quantitative estimate of drug-likeness (QED) is 0.631. The molecule has 0 aromatic carbocycles. The smallest absolute Gasteiger partial charge is 0.0523 e. The number of hydrogen-bond donors (Lipinski definition) is 0. The maximum absolute atomic E-state index is 5.40. The second-order valence-corrected chi connectivity index (χ2v) is 3.41. The molecular weight excluding hydrogens is 148 g/mol. The van der Waals surface area contributed by atoms with Gasteiger partial charge in [0.15, 0.2) is 0 Å². The van der Waals surface area contributed by atoms with E-state index in [0.717, 1.165) is 13.2 Å². The Bertz CT molecular complexity index is 93.2. The highest BCUT2D eigenvalue weighted by Gasteiger charge is 2.31. The van der Waals surface area contributed by atoms with Gasteiger partial charge in [0.05, 0.1) is 6.61 Å². The molecule has 1 heteroatoms. The summed E-state index contributed by atoms with van der Waals surface area (Å²) < 4.78 is 5.40. The van der Waals surface area contributed by atoms with Crippen molar-refractivity contribution in [2.24, 2.45) is 5.41 Å². The second kappa shape index (κ2) is 6.47. The maximum Gasteiger partial charge on any atom is 0.0523 e. The van der Waals surface area contributed by atoms with Crippen LogP contribution < -0.4 is 0 Å². The lowest BCUT2D eigenvalue weighted by Crippen LogP contribution is -2.18. The van der Waals surface area contributed by atoms with Gasteiger partial charge in [-0.1, -0.05) is 34.1 Å². The van der Waals surface area contributed by atoms with Gasteiger partial charge in [-0.15, -0.1) is 0 Å². The Balaban J connectivity index is 0.000000561. The standard InChI is InChI=1S/C9H18O.C2H6/c1-3-5-9(4-2)6-7-10-8-9;1-2/h3-8H2,1-2H3;1-2H3. The van der Waals surface area contributed by atoms with Gasteiger partial charge in [-0.05, 0) is 24.7 Å². The van der Waals surface area contributed by atoms with Crippen LogP contribution in [0, 0.1) is 5.41 Å². The molecule has 0 spiro atoms. The number of hydrogen-bond acceptors (Lipinski definition) is 1. The van der Waals surface area contributed by atoms with E-state index in [9.17, 15) is 0 Å². The Hall–Kier alpha value is -0.0400. The molecule has 0 bridgehead atoms. The molecule has 1 rings (SSSR count). The molecule has 0 saturated carbocycles. The Kier molecular flexibility index (Phi) is 6.45. The van der Waals surface area contributed by atoms with Crippen LogP contribution in [0.15, 0.2) is 0 Å². The van der Waals surface area contributed by atoms with Crippen molar-refractivity contribution < 1.29 is 4.74 Å². The molecule has 1 atom stereocenters. The first-order valence-corrected chi connectivity index (χ1v) is 5.41. The molecule has 74 valence electrons. The van der Waals surface area contributed by atoms with E-state index in [1.54, 1.807) is 0 Å². The van der Waals surface area contributed by atoms with Crippen LogP contribution in [0.4, 0.5) is 0 Å². The first kappa shape index (κ1) is 12.0. The molecule has 0 aromatic heterocycles. The van der Waals surface area contributed by atoms with Crippen molar-refractivity contribution >= 4 is 0 Å². The molecular formula is C11H24O. The Morgan fingerprint density at radius 2 is 1.92 bits per heavy atom. The van der Waals surface area contributed by atoms with Gasteiger partial charge in [-0.25, -0.2) is 0 Å². The zero-order chi connectivity index (χ0) is 9.45. The predicted molar refractivity (Wildman–Crippen MR) is 54.4 cm³/mol. The van der Waals surface area contributed by atoms with Crippen molar-refractivity contribution in [3.05, 3.63) is 0 Å². The predicted octanol–water partition coefficient (Wildman–Crippen LogP) is 3.63. The minimum Gasteiger partial charge on any atom is -0.381 e. The summed E-state index contributed by atoms with van der Waals surface area (Å²) in [6, 6.07) is 0. The van der Waals surface area contributed by atoms with E-state index in [2.05, 4.69) is 13.8 Å². The third kappa shape index (κ3) is 3.14. The van der Waals surface area contributed by atoms with Crippen molar-refractivity contribution in [3.63, 3.8) is 0 Å². The molecule has 1 aliphatic heterocycles. The van der Waals surface area contributed by atoms with Crippen LogP contribution in [0.3, 0.4) is 0 Å². The summed E-state index contributed by atoms with van der Waals surface area (Å²) in [6.07, 6.45) is 5.24. The van der Waals surface area contributed by atoms with Crippen LogP contribution in [-0.4, -0.2) is 13.2 Å². The molecule has 0 amide bonds. The molecule has 1 unspecified atom stereocenters. The SMILES string of the molecule is CC.CCCC1(CC)CCOC1. The third-order valence-electron chi connectivity index (χ3n) is 2.72. The highest BCUT2D eigenvalue weighted by molar-refractivity contribution is 4.80. The van der Waals surface area contributed by atoms with Gasteiger partial charge < -0.3 is 4.74 Å². The molecule has 0 aromatic rings. The lowest BCUT2D eigenvalue weighted by atomic mass is 9.80. The van der Waals surface area contributed by atoms with Crippen molar-refractivity contribution in [1.82, 2.24) is 0 Å². The van der Waals surface area contributed by atoms with E-state index in [1.165, 1.54) is 25.7 Å². The van der Waals surface area contributed by atoms with E-state index in [1.807, 2.05) is 13.8 Å². The third-order valence-corrected chi connectivity index (χ3v) is 2.72. The zero-order valence-electron chi connectivity index (χ0n) is 9.15. The van der Waals surface area contributed by atoms with Crippen molar-refractivity contribution in [3.8, 4) is 0 Å². The molecule has 1 saturated heterocycles. The summed E-state index contributed by atoms with van der Waals surface area (Å²) in [5.74, 6) is 0. The minimum atomic E-state index is 0.564. The summed E-state index contributed by atoms with van der Waals surface area (Å²) in [7, 11) is 0. The van der Waals surface area contributed by atoms with Gasteiger partial charge in [0, 0.05) is 6.61 Å². The normalized spacial score (nSPS) is 28.0. The molecule has 0 N–H and O–H groups in total. The summed E-state index contributed by atoms with van der Waals surface area (Å²) in [4.78, 5) is 0. The van der Waals surface area contributed by atoms with Crippen molar-refractivity contribution in [2.75, 3.05) is 13.2 Å². The highest BCUT2D eigenvalue weighted by Crippen LogP contribution is 2.36. The molecule has 0 radical (unpaired) electrons. The van der Waals surface area contributed by atoms with E-state index in [4.69, 9.17) is 4.74 Å². The van der Waals surface area contributed by atoms with Crippen LogP contribution in [0.1, 0.15) is 53.4 Å². The van der Waals surface area contributed by atoms with Gasteiger partial charge in [0.2, 0.25) is 0 Å². The average Bonchev–Trinajstić information content (AvgIpc) is 2.58. The molecule has 1 fully saturated rings. The van der Waals surface area contributed by atoms with E-state index in [0.29, 0.717) is 5.41 Å². The van der Waals surface area contributed by atoms with Gasteiger partial charge in [-0.3, -0.25) is 0 Å². The first-order valence-electron chi connectivity index (χ1n) is 5.41. The summed E-state index contributed by atoms with van der Waals surface area (Å²) >= 11 is 0. The van der Waals surface area contributed by atoms with E-state index in [-0.39, 0.29) is 0 Å². The highest BCUT2D eigenvalue weighted by atomic mass is 16.5. The van der Waals surface area contributed by atoms with Crippen LogP contribution in [0.2, 0.25) is 0 Å². The molecule has 1 heterocycles.